The summed E-state index contributed by atoms with van der Waals surface area (Å²) in [6, 6.07) is 0. The molecule has 0 saturated carbocycles. The van der Waals surface area contributed by atoms with Crippen molar-refractivity contribution in [3.63, 3.8) is 0 Å². The van der Waals surface area contributed by atoms with Crippen molar-refractivity contribution < 1.29 is 9.84 Å². The number of rotatable bonds is 0. The van der Waals surface area contributed by atoms with E-state index in [9.17, 15) is 5.11 Å². The summed E-state index contributed by atoms with van der Waals surface area (Å²) in [5, 5.41) is 9.37. The minimum Gasteiger partial charge on any atom is -0.392 e. The van der Waals surface area contributed by atoms with E-state index in [1.807, 2.05) is 13.8 Å². The average molecular weight is 130 g/mol. The van der Waals surface area contributed by atoms with Crippen molar-refractivity contribution >= 4 is 0 Å². The molecular weight excluding hydrogens is 116 g/mol. The topological polar surface area (TPSA) is 29.5 Å². The zero-order valence-electron chi connectivity index (χ0n) is 6.00. The summed E-state index contributed by atoms with van der Waals surface area (Å²) in [5.41, 5.74) is 0. The highest BCUT2D eigenvalue weighted by molar-refractivity contribution is 4.73. The van der Waals surface area contributed by atoms with Crippen LogP contribution in [-0.4, -0.2) is 24.4 Å². The zero-order valence-corrected chi connectivity index (χ0v) is 6.00. The summed E-state index contributed by atoms with van der Waals surface area (Å²) in [7, 11) is 0. The van der Waals surface area contributed by atoms with Crippen LogP contribution < -0.4 is 0 Å². The molecule has 1 heterocycles. The van der Waals surface area contributed by atoms with Crippen LogP contribution in [0.15, 0.2) is 0 Å². The molecule has 9 heavy (non-hydrogen) atoms. The number of hydrogen-bond acceptors (Lipinski definition) is 2. The molecule has 54 valence electrons. The van der Waals surface area contributed by atoms with Crippen LogP contribution in [0.4, 0.5) is 0 Å². The van der Waals surface area contributed by atoms with Crippen molar-refractivity contribution in [1.82, 2.24) is 0 Å². The Labute approximate surface area is 55.8 Å². The van der Waals surface area contributed by atoms with Crippen LogP contribution in [0.1, 0.15) is 13.8 Å². The van der Waals surface area contributed by atoms with Crippen molar-refractivity contribution in [1.29, 1.82) is 0 Å². The standard InChI is InChI=1S/C7H14O2/c1-5-3-9-4-6(2)7(5)8/h5-8H,3-4H2,1-2H3/t5-,6-/m1/s1. The lowest BCUT2D eigenvalue weighted by Gasteiger charge is -2.30. The van der Waals surface area contributed by atoms with Gasteiger partial charge in [0.1, 0.15) is 0 Å². The molecule has 0 aromatic carbocycles. The van der Waals surface area contributed by atoms with Gasteiger partial charge in [-0.15, -0.1) is 0 Å². The molecule has 0 aromatic rings. The van der Waals surface area contributed by atoms with Crippen LogP contribution in [0.5, 0.6) is 0 Å². The molecule has 1 aliphatic rings. The molecule has 0 aliphatic carbocycles. The molecule has 0 unspecified atom stereocenters. The van der Waals surface area contributed by atoms with Crippen LogP contribution >= 0.6 is 0 Å². The van der Waals surface area contributed by atoms with E-state index in [4.69, 9.17) is 4.74 Å². The highest BCUT2D eigenvalue weighted by Crippen LogP contribution is 2.18. The molecule has 0 spiro atoms. The predicted molar refractivity (Wildman–Crippen MR) is 35.2 cm³/mol. The molecule has 1 saturated heterocycles. The third-order valence-electron chi connectivity index (χ3n) is 1.93. The lowest BCUT2D eigenvalue weighted by molar-refractivity contribution is -0.0670. The molecule has 1 fully saturated rings. The SMILES string of the molecule is C[C@@H]1COC[C@@H](C)C1O. The maximum atomic E-state index is 9.37. The molecule has 0 radical (unpaired) electrons. The lowest BCUT2D eigenvalue weighted by atomic mass is 9.92. The predicted octanol–water partition coefficient (Wildman–Crippen LogP) is 0.650. The van der Waals surface area contributed by atoms with Gasteiger partial charge in [0, 0.05) is 11.8 Å². The number of aliphatic hydroxyl groups excluding tert-OH is 1. The quantitative estimate of drug-likeness (QED) is 0.521. The van der Waals surface area contributed by atoms with Crippen molar-refractivity contribution in [2.75, 3.05) is 13.2 Å². The van der Waals surface area contributed by atoms with E-state index in [0.717, 1.165) is 0 Å². The maximum absolute atomic E-state index is 9.37. The molecule has 0 aromatic heterocycles. The van der Waals surface area contributed by atoms with Crippen LogP contribution in [-0.2, 0) is 4.74 Å². The molecule has 1 N–H and O–H groups in total. The Balaban J connectivity index is 2.41. The monoisotopic (exact) mass is 130 g/mol. The Morgan fingerprint density at radius 1 is 1.22 bits per heavy atom. The van der Waals surface area contributed by atoms with Gasteiger partial charge in [-0.25, -0.2) is 0 Å². The minimum absolute atomic E-state index is 0.154. The second-order valence-corrected chi connectivity index (χ2v) is 2.98. The van der Waals surface area contributed by atoms with E-state index in [1.165, 1.54) is 0 Å². The van der Waals surface area contributed by atoms with Crippen LogP contribution in [0.25, 0.3) is 0 Å². The van der Waals surface area contributed by atoms with Gasteiger partial charge in [0.2, 0.25) is 0 Å². The second kappa shape index (κ2) is 2.67. The Kier molecular flexibility index (Phi) is 2.09. The van der Waals surface area contributed by atoms with E-state index in [0.29, 0.717) is 25.0 Å². The molecule has 1 aliphatic heterocycles. The normalized spacial score (nSPS) is 39.0. The number of aliphatic hydroxyl groups is 1. The fraction of sp³-hybridized carbons (Fsp3) is 1.00. The Morgan fingerprint density at radius 3 is 2.00 bits per heavy atom. The fourth-order valence-electron chi connectivity index (χ4n) is 1.20. The van der Waals surface area contributed by atoms with Gasteiger partial charge in [-0.3, -0.25) is 0 Å². The van der Waals surface area contributed by atoms with E-state index >= 15 is 0 Å². The van der Waals surface area contributed by atoms with Gasteiger partial charge in [-0.2, -0.15) is 0 Å². The highest BCUT2D eigenvalue weighted by Gasteiger charge is 2.25. The first-order valence-electron chi connectivity index (χ1n) is 3.47. The summed E-state index contributed by atoms with van der Waals surface area (Å²) in [4.78, 5) is 0. The maximum Gasteiger partial charge on any atom is 0.0635 e. The minimum atomic E-state index is -0.154. The van der Waals surface area contributed by atoms with Gasteiger partial charge in [0.15, 0.2) is 0 Å². The van der Waals surface area contributed by atoms with Gasteiger partial charge < -0.3 is 9.84 Å². The van der Waals surface area contributed by atoms with E-state index < -0.39 is 0 Å². The molecular formula is C7H14O2. The van der Waals surface area contributed by atoms with Crippen molar-refractivity contribution in [2.24, 2.45) is 11.8 Å². The Morgan fingerprint density at radius 2 is 1.67 bits per heavy atom. The Hall–Kier alpha value is -0.0800. The summed E-state index contributed by atoms with van der Waals surface area (Å²) >= 11 is 0. The summed E-state index contributed by atoms with van der Waals surface area (Å²) in [6.07, 6.45) is -0.154. The van der Waals surface area contributed by atoms with Gasteiger partial charge in [-0.05, 0) is 0 Å². The zero-order chi connectivity index (χ0) is 6.85. The fourth-order valence-corrected chi connectivity index (χ4v) is 1.20. The van der Waals surface area contributed by atoms with Crippen molar-refractivity contribution in [2.45, 2.75) is 20.0 Å². The number of ether oxygens (including phenoxy) is 1. The molecule has 2 atom stereocenters. The third kappa shape index (κ3) is 1.43. The smallest absolute Gasteiger partial charge is 0.0635 e. The van der Waals surface area contributed by atoms with Gasteiger partial charge in [0.25, 0.3) is 0 Å². The third-order valence-corrected chi connectivity index (χ3v) is 1.93. The first-order valence-corrected chi connectivity index (χ1v) is 3.47. The molecule has 1 rings (SSSR count). The van der Waals surface area contributed by atoms with Gasteiger partial charge in [-0.1, -0.05) is 13.8 Å². The Bertz CT molecular complexity index is 82.9. The van der Waals surface area contributed by atoms with Crippen LogP contribution in [0.2, 0.25) is 0 Å². The molecule has 0 amide bonds. The van der Waals surface area contributed by atoms with Crippen LogP contribution in [0.3, 0.4) is 0 Å². The van der Waals surface area contributed by atoms with Gasteiger partial charge >= 0.3 is 0 Å². The first-order chi connectivity index (χ1) is 4.22. The van der Waals surface area contributed by atoms with E-state index in [-0.39, 0.29) is 6.10 Å². The number of hydrogen-bond donors (Lipinski definition) is 1. The first kappa shape index (κ1) is 7.03. The largest absolute Gasteiger partial charge is 0.392 e. The molecule has 2 nitrogen and oxygen atoms in total. The van der Waals surface area contributed by atoms with E-state index in [1.54, 1.807) is 0 Å². The van der Waals surface area contributed by atoms with E-state index in [2.05, 4.69) is 0 Å². The second-order valence-electron chi connectivity index (χ2n) is 2.98. The molecule has 2 heteroatoms. The van der Waals surface area contributed by atoms with Crippen molar-refractivity contribution in [3.8, 4) is 0 Å². The summed E-state index contributed by atoms with van der Waals surface area (Å²) < 4.78 is 5.20. The van der Waals surface area contributed by atoms with Crippen molar-refractivity contribution in [3.05, 3.63) is 0 Å². The molecule has 0 bridgehead atoms. The summed E-state index contributed by atoms with van der Waals surface area (Å²) in [5.74, 6) is 0.627. The van der Waals surface area contributed by atoms with Crippen LogP contribution in [0, 0.1) is 11.8 Å². The highest BCUT2D eigenvalue weighted by atomic mass is 16.5. The average Bonchev–Trinajstić information content (AvgIpc) is 1.83. The summed E-state index contributed by atoms with van der Waals surface area (Å²) in [6.45, 7) is 5.46. The lowest BCUT2D eigenvalue weighted by Crippen LogP contribution is -2.36. The van der Waals surface area contributed by atoms with Gasteiger partial charge in [0.05, 0.1) is 19.3 Å².